The lowest BCUT2D eigenvalue weighted by atomic mass is 9.86. The maximum absolute atomic E-state index is 12.7. The molecule has 2 rings (SSSR count). The number of Topliss-reactive ketones (excluding diaryl/α,β-unsaturated/α-hetero) is 1. The van der Waals surface area contributed by atoms with Gasteiger partial charge in [0.2, 0.25) is 0 Å². The third-order valence-electron chi connectivity index (χ3n) is 4.49. The Balaban J connectivity index is 2.45. The predicted molar refractivity (Wildman–Crippen MR) is 84.6 cm³/mol. The Hall–Kier alpha value is -1.89. The number of hydrogen-bond acceptors (Lipinski definition) is 1. The highest BCUT2D eigenvalue weighted by atomic mass is 16.1. The third kappa shape index (κ3) is 2.53. The fourth-order valence-electron chi connectivity index (χ4n) is 2.79. The number of carbonyl (C=O) groups excluding carboxylic acids is 1. The molecule has 0 radical (unpaired) electrons. The van der Waals surface area contributed by atoms with Gasteiger partial charge in [0.1, 0.15) is 0 Å². The molecule has 2 aromatic carbocycles. The maximum atomic E-state index is 12.7. The molecular formula is C19H22O. The third-order valence-corrected chi connectivity index (χ3v) is 4.49. The van der Waals surface area contributed by atoms with Crippen LogP contribution in [0.2, 0.25) is 0 Å². The number of hydrogen-bond donors (Lipinski definition) is 0. The molecule has 0 saturated carbocycles. The summed E-state index contributed by atoms with van der Waals surface area (Å²) in [7, 11) is 0. The first-order valence-corrected chi connectivity index (χ1v) is 7.07. The van der Waals surface area contributed by atoms with E-state index in [1.54, 1.807) is 0 Å². The quantitative estimate of drug-likeness (QED) is 0.739. The summed E-state index contributed by atoms with van der Waals surface area (Å²) in [6.45, 7) is 10.5. The van der Waals surface area contributed by atoms with Crippen molar-refractivity contribution in [3.8, 4) is 0 Å². The van der Waals surface area contributed by atoms with E-state index in [0.29, 0.717) is 6.42 Å². The summed E-state index contributed by atoms with van der Waals surface area (Å²) in [5.74, 6) is 0.220. The summed E-state index contributed by atoms with van der Waals surface area (Å²) in [5, 5.41) is 0. The van der Waals surface area contributed by atoms with E-state index in [2.05, 4.69) is 34.6 Å². The predicted octanol–water partition coefficient (Wildman–Crippen LogP) is 4.65. The van der Waals surface area contributed by atoms with Gasteiger partial charge in [-0.3, -0.25) is 4.79 Å². The maximum Gasteiger partial charge on any atom is 0.167 e. The SMILES string of the molecule is Cc1c(C)c(C)c(C(=O)Cc2ccccc2)c(C)c1C. The van der Waals surface area contributed by atoms with Gasteiger partial charge < -0.3 is 0 Å². The highest BCUT2D eigenvalue weighted by molar-refractivity contribution is 6.00. The van der Waals surface area contributed by atoms with Crippen molar-refractivity contribution in [2.45, 2.75) is 41.0 Å². The minimum atomic E-state index is 0.220. The molecule has 0 aromatic heterocycles. The van der Waals surface area contributed by atoms with Crippen LogP contribution in [0.4, 0.5) is 0 Å². The van der Waals surface area contributed by atoms with E-state index in [0.717, 1.165) is 22.3 Å². The average Bonchev–Trinajstić information content (AvgIpc) is 2.44. The Kier molecular flexibility index (Phi) is 4.08. The van der Waals surface area contributed by atoms with Gasteiger partial charge in [-0.1, -0.05) is 30.3 Å². The van der Waals surface area contributed by atoms with Gasteiger partial charge >= 0.3 is 0 Å². The Labute approximate surface area is 121 Å². The fraction of sp³-hybridized carbons (Fsp3) is 0.316. The van der Waals surface area contributed by atoms with Gasteiger partial charge in [-0.15, -0.1) is 0 Å². The van der Waals surface area contributed by atoms with Crippen LogP contribution in [0.25, 0.3) is 0 Å². The highest BCUT2D eigenvalue weighted by Gasteiger charge is 2.18. The van der Waals surface area contributed by atoms with Gasteiger partial charge in [-0.2, -0.15) is 0 Å². The van der Waals surface area contributed by atoms with E-state index in [9.17, 15) is 4.79 Å². The van der Waals surface area contributed by atoms with Gasteiger partial charge in [-0.05, 0) is 68.0 Å². The molecule has 0 spiro atoms. The van der Waals surface area contributed by atoms with Gasteiger partial charge in [-0.25, -0.2) is 0 Å². The molecule has 104 valence electrons. The van der Waals surface area contributed by atoms with Crippen LogP contribution in [0.15, 0.2) is 30.3 Å². The first kappa shape index (κ1) is 14.5. The smallest absolute Gasteiger partial charge is 0.167 e. The van der Waals surface area contributed by atoms with Crippen molar-refractivity contribution in [3.63, 3.8) is 0 Å². The molecule has 20 heavy (non-hydrogen) atoms. The standard InChI is InChI=1S/C19H22O/c1-12-13(2)15(4)19(16(5)14(12)3)18(20)11-17-9-7-6-8-10-17/h6-10H,11H2,1-5H3. The monoisotopic (exact) mass is 266 g/mol. The second kappa shape index (κ2) is 5.62. The molecule has 1 heteroatoms. The van der Waals surface area contributed by atoms with Gasteiger partial charge in [0.25, 0.3) is 0 Å². The second-order valence-corrected chi connectivity index (χ2v) is 5.59. The average molecular weight is 266 g/mol. The van der Waals surface area contributed by atoms with Crippen LogP contribution < -0.4 is 0 Å². The molecule has 1 nitrogen and oxygen atoms in total. The molecule has 2 aromatic rings. The van der Waals surface area contributed by atoms with Crippen LogP contribution in [-0.2, 0) is 6.42 Å². The van der Waals surface area contributed by atoms with Crippen molar-refractivity contribution in [2.24, 2.45) is 0 Å². The second-order valence-electron chi connectivity index (χ2n) is 5.59. The van der Waals surface area contributed by atoms with Crippen LogP contribution in [0.3, 0.4) is 0 Å². The molecule has 0 aliphatic carbocycles. The molecule has 0 saturated heterocycles. The van der Waals surface area contributed by atoms with Crippen molar-refractivity contribution in [2.75, 3.05) is 0 Å². The summed E-state index contributed by atoms with van der Waals surface area (Å²) in [6.07, 6.45) is 0.477. The van der Waals surface area contributed by atoms with E-state index >= 15 is 0 Å². The molecule has 0 fully saturated rings. The van der Waals surface area contributed by atoms with Gasteiger partial charge in [0.15, 0.2) is 5.78 Å². The molecule has 0 unspecified atom stereocenters. The zero-order valence-corrected chi connectivity index (χ0v) is 13.0. The minimum Gasteiger partial charge on any atom is -0.294 e. The Morgan fingerprint density at radius 3 is 1.70 bits per heavy atom. The topological polar surface area (TPSA) is 17.1 Å². The normalized spacial score (nSPS) is 10.7. The van der Waals surface area contributed by atoms with E-state index in [1.807, 2.05) is 30.3 Å². The molecular weight excluding hydrogens is 244 g/mol. The summed E-state index contributed by atoms with van der Waals surface area (Å²) >= 11 is 0. The molecule has 0 N–H and O–H groups in total. The largest absolute Gasteiger partial charge is 0.294 e. The van der Waals surface area contributed by atoms with E-state index < -0.39 is 0 Å². The van der Waals surface area contributed by atoms with Gasteiger partial charge in [0, 0.05) is 12.0 Å². The number of benzene rings is 2. The van der Waals surface area contributed by atoms with Crippen molar-refractivity contribution < 1.29 is 4.79 Å². The Morgan fingerprint density at radius 1 is 0.750 bits per heavy atom. The zero-order valence-electron chi connectivity index (χ0n) is 13.0. The first-order chi connectivity index (χ1) is 9.43. The van der Waals surface area contributed by atoms with Crippen LogP contribution in [0, 0.1) is 34.6 Å². The first-order valence-electron chi connectivity index (χ1n) is 7.07. The molecule has 0 aliphatic heterocycles. The lowest BCUT2D eigenvalue weighted by molar-refractivity contribution is 0.0991. The molecule has 0 atom stereocenters. The molecule has 0 amide bonds. The minimum absolute atomic E-state index is 0.220. The van der Waals surface area contributed by atoms with Crippen LogP contribution in [0.5, 0.6) is 0 Å². The zero-order chi connectivity index (χ0) is 14.9. The van der Waals surface area contributed by atoms with E-state index in [-0.39, 0.29) is 5.78 Å². The van der Waals surface area contributed by atoms with E-state index in [1.165, 1.54) is 16.7 Å². The summed E-state index contributed by atoms with van der Waals surface area (Å²) in [6, 6.07) is 9.96. The Morgan fingerprint density at radius 2 is 1.20 bits per heavy atom. The van der Waals surface area contributed by atoms with Crippen molar-refractivity contribution >= 4 is 5.78 Å². The summed E-state index contributed by atoms with van der Waals surface area (Å²) < 4.78 is 0. The summed E-state index contributed by atoms with van der Waals surface area (Å²) in [4.78, 5) is 12.7. The lowest BCUT2D eigenvalue weighted by Crippen LogP contribution is -2.11. The highest BCUT2D eigenvalue weighted by Crippen LogP contribution is 2.27. The van der Waals surface area contributed by atoms with E-state index in [4.69, 9.17) is 0 Å². The van der Waals surface area contributed by atoms with Gasteiger partial charge in [0.05, 0.1) is 0 Å². The number of rotatable bonds is 3. The summed E-state index contributed by atoms with van der Waals surface area (Å²) in [5.41, 5.74) is 8.03. The van der Waals surface area contributed by atoms with Crippen LogP contribution >= 0.6 is 0 Å². The fourth-order valence-corrected chi connectivity index (χ4v) is 2.79. The van der Waals surface area contributed by atoms with Crippen LogP contribution in [-0.4, -0.2) is 5.78 Å². The van der Waals surface area contributed by atoms with Crippen molar-refractivity contribution in [1.29, 1.82) is 0 Å². The lowest BCUT2D eigenvalue weighted by Gasteiger charge is -2.17. The molecule has 0 aliphatic rings. The molecule has 0 bridgehead atoms. The number of ketones is 1. The van der Waals surface area contributed by atoms with Crippen LogP contribution in [0.1, 0.15) is 43.7 Å². The van der Waals surface area contributed by atoms with Crippen molar-refractivity contribution in [1.82, 2.24) is 0 Å². The van der Waals surface area contributed by atoms with Crippen molar-refractivity contribution in [3.05, 3.63) is 69.3 Å². The number of carbonyl (C=O) groups is 1. The Bertz CT molecular complexity index is 622. The molecule has 0 heterocycles.